The summed E-state index contributed by atoms with van der Waals surface area (Å²) in [6, 6.07) is 7.81. The van der Waals surface area contributed by atoms with E-state index < -0.39 is 0 Å². The molecule has 0 radical (unpaired) electrons. The molecule has 0 aliphatic heterocycles. The van der Waals surface area contributed by atoms with Gasteiger partial charge in [-0.25, -0.2) is 0 Å². The molecule has 0 spiro atoms. The minimum Gasteiger partial charge on any atom is -0.494 e. The predicted octanol–water partition coefficient (Wildman–Crippen LogP) is 3.80. The van der Waals surface area contributed by atoms with Gasteiger partial charge >= 0.3 is 0 Å². The average molecular weight is 217 g/mol. The highest BCUT2D eigenvalue weighted by Gasteiger charge is 1.93. The van der Waals surface area contributed by atoms with E-state index in [1.165, 1.54) is 0 Å². The minimum atomic E-state index is 0.372. The van der Waals surface area contributed by atoms with Crippen molar-refractivity contribution in [3.8, 4) is 5.75 Å². The molecule has 0 aromatic heterocycles. The highest BCUT2D eigenvalue weighted by Crippen LogP contribution is 2.14. The van der Waals surface area contributed by atoms with Crippen LogP contribution in [0.3, 0.4) is 0 Å². The lowest BCUT2D eigenvalue weighted by atomic mass is 10.2. The molecule has 0 N–H and O–H groups in total. The molecular formula is C12H15N3O. The summed E-state index contributed by atoms with van der Waals surface area (Å²) in [5, 5.41) is 3.42. The molecule has 0 unspecified atom stereocenters. The molecule has 0 amide bonds. The Hall–Kier alpha value is -1.93. The number of azide groups is 1. The molecule has 0 saturated heterocycles. The van der Waals surface area contributed by atoms with E-state index in [0.29, 0.717) is 6.54 Å². The summed E-state index contributed by atoms with van der Waals surface area (Å²) in [6.07, 6.45) is 4.73. The third kappa shape index (κ3) is 4.53. The topological polar surface area (TPSA) is 58.0 Å². The Labute approximate surface area is 95.2 Å². The van der Waals surface area contributed by atoms with Crippen molar-refractivity contribution in [1.29, 1.82) is 0 Å². The first-order valence-corrected chi connectivity index (χ1v) is 5.27. The zero-order chi connectivity index (χ0) is 11.6. The average Bonchev–Trinajstić information content (AvgIpc) is 2.33. The van der Waals surface area contributed by atoms with Crippen LogP contribution in [0, 0.1) is 0 Å². The van der Waals surface area contributed by atoms with Crippen LogP contribution < -0.4 is 4.74 Å². The fraction of sp³-hybridized carbons (Fsp3) is 0.333. The van der Waals surface area contributed by atoms with Gasteiger partial charge in [0.1, 0.15) is 5.75 Å². The zero-order valence-corrected chi connectivity index (χ0v) is 9.34. The summed E-state index contributed by atoms with van der Waals surface area (Å²) < 4.78 is 5.51. The molecule has 1 rings (SSSR count). The molecule has 0 heterocycles. The van der Waals surface area contributed by atoms with Gasteiger partial charge in [0.15, 0.2) is 0 Å². The number of hydrogen-bond acceptors (Lipinski definition) is 2. The SMILES string of the molecule is CCCOc1cccc(C=CCN=[N+]=[N-])c1. The first-order valence-electron chi connectivity index (χ1n) is 5.27. The van der Waals surface area contributed by atoms with Gasteiger partial charge in [-0.05, 0) is 29.6 Å². The van der Waals surface area contributed by atoms with Crippen molar-refractivity contribution in [1.82, 2.24) is 0 Å². The van der Waals surface area contributed by atoms with Crippen LogP contribution in [0.4, 0.5) is 0 Å². The number of hydrogen-bond donors (Lipinski definition) is 0. The van der Waals surface area contributed by atoms with Crippen LogP contribution in [-0.4, -0.2) is 13.2 Å². The van der Waals surface area contributed by atoms with Crippen LogP contribution in [-0.2, 0) is 0 Å². The maximum atomic E-state index is 8.11. The largest absolute Gasteiger partial charge is 0.494 e. The second kappa shape index (κ2) is 7.37. The van der Waals surface area contributed by atoms with Crippen LogP contribution in [0.1, 0.15) is 18.9 Å². The Morgan fingerprint density at radius 1 is 1.50 bits per heavy atom. The van der Waals surface area contributed by atoms with E-state index in [0.717, 1.165) is 24.3 Å². The Morgan fingerprint density at radius 2 is 2.38 bits per heavy atom. The maximum absolute atomic E-state index is 8.11. The van der Waals surface area contributed by atoms with E-state index in [1.807, 2.05) is 36.4 Å². The van der Waals surface area contributed by atoms with Crippen molar-refractivity contribution < 1.29 is 4.74 Å². The zero-order valence-electron chi connectivity index (χ0n) is 9.34. The van der Waals surface area contributed by atoms with Gasteiger partial charge in [-0.2, -0.15) is 0 Å². The molecule has 4 nitrogen and oxygen atoms in total. The standard InChI is InChI=1S/C12H15N3O/c1-2-9-16-12-7-3-5-11(10-12)6-4-8-14-15-13/h3-7,10H,2,8-9H2,1H3. The van der Waals surface area contributed by atoms with Gasteiger partial charge in [0, 0.05) is 11.5 Å². The molecule has 0 fully saturated rings. The Bertz CT molecular complexity index is 395. The first-order chi connectivity index (χ1) is 7.86. The van der Waals surface area contributed by atoms with Gasteiger partial charge in [0.05, 0.1) is 6.61 Å². The number of rotatable bonds is 6. The van der Waals surface area contributed by atoms with Gasteiger partial charge in [-0.3, -0.25) is 0 Å². The normalized spacial score (nSPS) is 10.1. The minimum absolute atomic E-state index is 0.372. The Morgan fingerprint density at radius 3 is 3.12 bits per heavy atom. The van der Waals surface area contributed by atoms with Gasteiger partial charge < -0.3 is 4.74 Å². The lowest BCUT2D eigenvalue weighted by molar-refractivity contribution is 0.317. The van der Waals surface area contributed by atoms with Crippen molar-refractivity contribution in [3.05, 3.63) is 46.3 Å². The Kier molecular flexibility index (Phi) is 5.59. The van der Waals surface area contributed by atoms with Gasteiger partial charge in [0.25, 0.3) is 0 Å². The number of ether oxygens (including phenoxy) is 1. The molecule has 1 aromatic rings. The quantitative estimate of drug-likeness (QED) is 0.406. The number of benzene rings is 1. The van der Waals surface area contributed by atoms with Crippen molar-refractivity contribution >= 4 is 6.08 Å². The molecule has 0 aliphatic carbocycles. The molecule has 0 saturated carbocycles. The molecule has 84 valence electrons. The summed E-state index contributed by atoms with van der Waals surface area (Å²) in [7, 11) is 0. The smallest absolute Gasteiger partial charge is 0.119 e. The van der Waals surface area contributed by atoms with E-state index in [2.05, 4.69) is 16.9 Å². The highest BCUT2D eigenvalue weighted by atomic mass is 16.5. The summed E-state index contributed by atoms with van der Waals surface area (Å²) in [5.41, 5.74) is 9.15. The molecule has 4 heteroatoms. The summed E-state index contributed by atoms with van der Waals surface area (Å²) in [6.45, 7) is 3.17. The fourth-order valence-corrected chi connectivity index (χ4v) is 1.20. The second-order valence-corrected chi connectivity index (χ2v) is 3.24. The van der Waals surface area contributed by atoms with E-state index in [4.69, 9.17) is 10.3 Å². The van der Waals surface area contributed by atoms with Crippen LogP contribution >= 0.6 is 0 Å². The fourth-order valence-electron chi connectivity index (χ4n) is 1.20. The molecule has 16 heavy (non-hydrogen) atoms. The summed E-state index contributed by atoms with van der Waals surface area (Å²) in [5.74, 6) is 0.868. The Balaban J connectivity index is 2.59. The number of nitrogens with zero attached hydrogens (tertiary/aromatic N) is 3. The molecule has 0 atom stereocenters. The summed E-state index contributed by atoms with van der Waals surface area (Å²) in [4.78, 5) is 2.67. The van der Waals surface area contributed by atoms with E-state index in [9.17, 15) is 0 Å². The van der Waals surface area contributed by atoms with Crippen LogP contribution in [0.5, 0.6) is 5.75 Å². The molecular weight excluding hydrogens is 202 g/mol. The van der Waals surface area contributed by atoms with Crippen molar-refractivity contribution in [3.63, 3.8) is 0 Å². The molecule has 0 bridgehead atoms. The lowest BCUT2D eigenvalue weighted by Gasteiger charge is -2.04. The van der Waals surface area contributed by atoms with Crippen LogP contribution in [0.15, 0.2) is 35.5 Å². The van der Waals surface area contributed by atoms with E-state index >= 15 is 0 Å². The second-order valence-electron chi connectivity index (χ2n) is 3.24. The van der Waals surface area contributed by atoms with Crippen molar-refractivity contribution in [2.24, 2.45) is 5.11 Å². The van der Waals surface area contributed by atoms with Crippen molar-refractivity contribution in [2.75, 3.05) is 13.2 Å². The van der Waals surface area contributed by atoms with E-state index in [1.54, 1.807) is 0 Å². The van der Waals surface area contributed by atoms with Crippen LogP contribution in [0.25, 0.3) is 16.5 Å². The molecule has 1 aromatic carbocycles. The first kappa shape index (κ1) is 12.1. The maximum Gasteiger partial charge on any atom is 0.119 e. The third-order valence-electron chi connectivity index (χ3n) is 1.89. The monoisotopic (exact) mass is 217 g/mol. The summed E-state index contributed by atoms with van der Waals surface area (Å²) >= 11 is 0. The molecule has 0 aliphatic rings. The van der Waals surface area contributed by atoms with Crippen molar-refractivity contribution in [2.45, 2.75) is 13.3 Å². The van der Waals surface area contributed by atoms with Gasteiger partial charge in [-0.1, -0.05) is 36.3 Å². The van der Waals surface area contributed by atoms with Gasteiger partial charge in [-0.15, -0.1) is 0 Å². The predicted molar refractivity (Wildman–Crippen MR) is 65.3 cm³/mol. The van der Waals surface area contributed by atoms with Gasteiger partial charge in [0.2, 0.25) is 0 Å². The third-order valence-corrected chi connectivity index (χ3v) is 1.89. The highest BCUT2D eigenvalue weighted by molar-refractivity contribution is 5.51. The lowest BCUT2D eigenvalue weighted by Crippen LogP contribution is -1.94. The van der Waals surface area contributed by atoms with E-state index in [-0.39, 0.29) is 0 Å². The van der Waals surface area contributed by atoms with Crippen LogP contribution in [0.2, 0.25) is 0 Å².